The molecular formula is C15H19N3. The highest BCUT2D eigenvalue weighted by atomic mass is 15.1. The van der Waals surface area contributed by atoms with Gasteiger partial charge in [-0.1, -0.05) is 12.1 Å². The number of pyridine rings is 1. The van der Waals surface area contributed by atoms with E-state index in [-0.39, 0.29) is 0 Å². The fourth-order valence-electron chi connectivity index (χ4n) is 1.94. The first-order valence-corrected chi connectivity index (χ1v) is 6.13. The van der Waals surface area contributed by atoms with Crippen molar-refractivity contribution >= 4 is 11.4 Å². The first-order chi connectivity index (χ1) is 8.65. The van der Waals surface area contributed by atoms with Crippen LogP contribution in [0.15, 0.2) is 42.6 Å². The third kappa shape index (κ3) is 3.23. The third-order valence-corrected chi connectivity index (χ3v) is 3.01. The lowest BCUT2D eigenvalue weighted by molar-refractivity contribution is 0.874. The molecule has 0 spiro atoms. The maximum atomic E-state index is 5.77. The number of hydrogen-bond donors (Lipinski definition) is 1. The van der Waals surface area contributed by atoms with Gasteiger partial charge < -0.3 is 10.6 Å². The number of rotatable bonds is 4. The van der Waals surface area contributed by atoms with Crippen LogP contribution in [0.4, 0.5) is 11.4 Å². The third-order valence-electron chi connectivity index (χ3n) is 3.01. The molecule has 1 aromatic carbocycles. The van der Waals surface area contributed by atoms with Gasteiger partial charge in [-0.05, 0) is 43.2 Å². The molecule has 18 heavy (non-hydrogen) atoms. The number of aromatic nitrogens is 1. The van der Waals surface area contributed by atoms with E-state index >= 15 is 0 Å². The molecule has 0 fully saturated rings. The van der Waals surface area contributed by atoms with E-state index in [1.807, 2.05) is 37.4 Å². The van der Waals surface area contributed by atoms with Gasteiger partial charge in [-0.15, -0.1) is 0 Å². The molecule has 0 radical (unpaired) electrons. The van der Waals surface area contributed by atoms with Crippen molar-refractivity contribution in [2.75, 3.05) is 24.2 Å². The van der Waals surface area contributed by atoms with Gasteiger partial charge in [0.25, 0.3) is 0 Å². The minimum Gasteiger partial charge on any atom is -0.399 e. The van der Waals surface area contributed by atoms with Crippen molar-refractivity contribution in [3.63, 3.8) is 0 Å². The van der Waals surface area contributed by atoms with Gasteiger partial charge in [0.15, 0.2) is 0 Å². The average Bonchev–Trinajstić information content (AvgIpc) is 2.36. The molecule has 0 unspecified atom stereocenters. The minimum absolute atomic E-state index is 0.829. The van der Waals surface area contributed by atoms with E-state index in [0.29, 0.717) is 0 Å². The van der Waals surface area contributed by atoms with Crippen molar-refractivity contribution < 1.29 is 0 Å². The highest BCUT2D eigenvalue weighted by Gasteiger charge is 2.02. The molecule has 0 atom stereocenters. The normalized spacial score (nSPS) is 10.3. The van der Waals surface area contributed by atoms with Gasteiger partial charge in [0.05, 0.1) is 0 Å². The Morgan fingerprint density at radius 2 is 2.06 bits per heavy atom. The molecule has 0 aliphatic heterocycles. The van der Waals surface area contributed by atoms with Crippen LogP contribution in [0.1, 0.15) is 11.3 Å². The molecule has 1 heterocycles. The Labute approximate surface area is 108 Å². The van der Waals surface area contributed by atoms with Gasteiger partial charge in [-0.3, -0.25) is 4.98 Å². The van der Waals surface area contributed by atoms with E-state index in [1.165, 1.54) is 11.3 Å². The van der Waals surface area contributed by atoms with Crippen molar-refractivity contribution in [2.24, 2.45) is 0 Å². The zero-order chi connectivity index (χ0) is 13.0. The Hall–Kier alpha value is -2.03. The second-order valence-electron chi connectivity index (χ2n) is 4.57. The Kier molecular flexibility index (Phi) is 3.82. The van der Waals surface area contributed by atoms with Crippen LogP contribution in [-0.4, -0.2) is 18.6 Å². The second kappa shape index (κ2) is 5.54. The van der Waals surface area contributed by atoms with Crippen molar-refractivity contribution in [2.45, 2.75) is 13.3 Å². The molecule has 94 valence electrons. The maximum Gasteiger partial charge on any atom is 0.0397 e. The lowest BCUT2D eigenvalue weighted by Gasteiger charge is -2.19. The molecule has 3 heteroatoms. The molecule has 2 N–H and O–H groups in total. The Morgan fingerprint density at radius 3 is 2.78 bits per heavy atom. The van der Waals surface area contributed by atoms with Gasteiger partial charge in [0.2, 0.25) is 0 Å². The molecule has 0 bridgehead atoms. The summed E-state index contributed by atoms with van der Waals surface area (Å²) in [5.41, 5.74) is 10.1. The number of nitrogen functional groups attached to an aromatic ring is 1. The molecule has 0 saturated carbocycles. The molecule has 0 aliphatic carbocycles. The SMILES string of the molecule is Cc1cc(N(C)CCc2cccc(N)c2)ccn1. The average molecular weight is 241 g/mol. The highest BCUT2D eigenvalue weighted by Crippen LogP contribution is 2.14. The number of nitrogens with zero attached hydrogens (tertiary/aromatic N) is 2. The lowest BCUT2D eigenvalue weighted by Crippen LogP contribution is -2.20. The predicted octanol–water partition coefficient (Wildman–Crippen LogP) is 2.65. The first kappa shape index (κ1) is 12.4. The number of nitrogens with two attached hydrogens (primary N) is 1. The largest absolute Gasteiger partial charge is 0.399 e. The number of hydrogen-bond acceptors (Lipinski definition) is 3. The summed E-state index contributed by atoms with van der Waals surface area (Å²) >= 11 is 0. The lowest BCUT2D eigenvalue weighted by atomic mass is 10.1. The smallest absolute Gasteiger partial charge is 0.0397 e. The predicted molar refractivity (Wildman–Crippen MR) is 76.8 cm³/mol. The fraction of sp³-hybridized carbons (Fsp3) is 0.267. The summed E-state index contributed by atoms with van der Waals surface area (Å²) in [6, 6.07) is 12.2. The molecule has 0 amide bonds. The molecule has 1 aromatic heterocycles. The van der Waals surface area contributed by atoms with Crippen molar-refractivity contribution in [1.29, 1.82) is 0 Å². The van der Waals surface area contributed by atoms with Crippen LogP contribution in [0.5, 0.6) is 0 Å². The van der Waals surface area contributed by atoms with E-state index in [2.05, 4.69) is 29.1 Å². The summed E-state index contributed by atoms with van der Waals surface area (Å²) < 4.78 is 0. The monoisotopic (exact) mass is 241 g/mol. The van der Waals surface area contributed by atoms with Crippen molar-refractivity contribution in [1.82, 2.24) is 4.98 Å². The minimum atomic E-state index is 0.829. The Bertz CT molecular complexity index is 523. The quantitative estimate of drug-likeness (QED) is 0.837. The molecule has 0 aliphatic rings. The zero-order valence-corrected chi connectivity index (χ0v) is 10.9. The van der Waals surface area contributed by atoms with Gasteiger partial charge >= 0.3 is 0 Å². The molecule has 2 aromatic rings. The van der Waals surface area contributed by atoms with Crippen LogP contribution < -0.4 is 10.6 Å². The molecule has 2 rings (SSSR count). The summed E-state index contributed by atoms with van der Waals surface area (Å²) in [6.45, 7) is 2.97. The van der Waals surface area contributed by atoms with Gasteiger partial charge in [0, 0.05) is 36.9 Å². The highest BCUT2D eigenvalue weighted by molar-refractivity contribution is 5.46. The van der Waals surface area contributed by atoms with E-state index in [0.717, 1.165) is 24.3 Å². The van der Waals surface area contributed by atoms with Gasteiger partial charge in [0.1, 0.15) is 0 Å². The number of benzene rings is 1. The van der Waals surface area contributed by atoms with Crippen molar-refractivity contribution in [3.05, 3.63) is 53.9 Å². The summed E-state index contributed by atoms with van der Waals surface area (Å²) in [4.78, 5) is 6.44. The van der Waals surface area contributed by atoms with E-state index in [9.17, 15) is 0 Å². The Balaban J connectivity index is 1.98. The summed E-state index contributed by atoms with van der Waals surface area (Å²) in [7, 11) is 2.10. The van der Waals surface area contributed by atoms with E-state index < -0.39 is 0 Å². The molecular weight excluding hydrogens is 222 g/mol. The summed E-state index contributed by atoms with van der Waals surface area (Å²) in [5.74, 6) is 0. The fourth-order valence-corrected chi connectivity index (χ4v) is 1.94. The van der Waals surface area contributed by atoms with Crippen LogP contribution >= 0.6 is 0 Å². The van der Waals surface area contributed by atoms with Crippen LogP contribution in [0.3, 0.4) is 0 Å². The topological polar surface area (TPSA) is 42.1 Å². The molecule has 3 nitrogen and oxygen atoms in total. The maximum absolute atomic E-state index is 5.77. The van der Waals surface area contributed by atoms with Crippen LogP contribution in [0.25, 0.3) is 0 Å². The van der Waals surface area contributed by atoms with E-state index in [1.54, 1.807) is 0 Å². The van der Waals surface area contributed by atoms with Gasteiger partial charge in [-0.25, -0.2) is 0 Å². The Morgan fingerprint density at radius 1 is 1.22 bits per heavy atom. The first-order valence-electron chi connectivity index (χ1n) is 6.13. The number of aryl methyl sites for hydroxylation is 1. The zero-order valence-electron chi connectivity index (χ0n) is 10.9. The van der Waals surface area contributed by atoms with Crippen LogP contribution in [-0.2, 0) is 6.42 Å². The standard InChI is InChI=1S/C15H19N3/c1-12-10-15(6-8-17-12)18(2)9-7-13-4-3-5-14(16)11-13/h3-6,8,10-11H,7,9,16H2,1-2H3. The summed E-state index contributed by atoms with van der Waals surface area (Å²) in [5, 5.41) is 0. The molecule has 0 saturated heterocycles. The van der Waals surface area contributed by atoms with Gasteiger partial charge in [-0.2, -0.15) is 0 Å². The number of likely N-dealkylation sites (N-methyl/N-ethyl adjacent to an activating group) is 1. The second-order valence-corrected chi connectivity index (χ2v) is 4.57. The summed E-state index contributed by atoms with van der Waals surface area (Å²) in [6.07, 6.45) is 2.84. The van der Waals surface area contributed by atoms with Crippen molar-refractivity contribution in [3.8, 4) is 0 Å². The van der Waals surface area contributed by atoms with Crippen LogP contribution in [0.2, 0.25) is 0 Å². The number of anilines is 2. The van der Waals surface area contributed by atoms with E-state index in [4.69, 9.17) is 5.73 Å². The van der Waals surface area contributed by atoms with Crippen LogP contribution in [0, 0.1) is 6.92 Å².